The van der Waals surface area contributed by atoms with Crippen molar-refractivity contribution >= 4 is 11.9 Å². The van der Waals surface area contributed by atoms with Crippen LogP contribution in [0.15, 0.2) is 0 Å². The maximum Gasteiger partial charge on any atom is 0.330 e. The van der Waals surface area contributed by atoms with E-state index in [0.29, 0.717) is 32.9 Å². The average molecular weight is 270 g/mol. The van der Waals surface area contributed by atoms with Crippen molar-refractivity contribution in [3.8, 4) is 0 Å². The molecule has 6 nitrogen and oxygen atoms in total. The van der Waals surface area contributed by atoms with Gasteiger partial charge in [0.2, 0.25) is 5.91 Å². The van der Waals surface area contributed by atoms with Crippen molar-refractivity contribution in [3.63, 3.8) is 0 Å². The molecule has 2 rings (SSSR count). The Labute approximate surface area is 113 Å². The Hall–Kier alpha value is -1.14. The molecule has 1 atom stereocenters. The van der Waals surface area contributed by atoms with E-state index in [2.05, 4.69) is 5.32 Å². The van der Waals surface area contributed by atoms with E-state index in [9.17, 15) is 9.59 Å². The highest BCUT2D eigenvalue weighted by Gasteiger charge is 2.36. The molecule has 1 N–H and O–H groups in total. The Balaban J connectivity index is 2.01. The SMILES string of the molecule is CCOC(=O)C1CNCCN1C(=O)C1CCOCC1. The van der Waals surface area contributed by atoms with Gasteiger partial charge in [-0.1, -0.05) is 0 Å². The largest absolute Gasteiger partial charge is 0.464 e. The first-order valence-electron chi connectivity index (χ1n) is 6.99. The van der Waals surface area contributed by atoms with Gasteiger partial charge in [0, 0.05) is 38.8 Å². The van der Waals surface area contributed by atoms with E-state index in [1.54, 1.807) is 11.8 Å². The molecule has 2 saturated heterocycles. The van der Waals surface area contributed by atoms with Crippen LogP contribution < -0.4 is 5.32 Å². The van der Waals surface area contributed by atoms with Crippen molar-refractivity contribution in [1.82, 2.24) is 10.2 Å². The van der Waals surface area contributed by atoms with E-state index in [-0.39, 0.29) is 17.8 Å². The van der Waals surface area contributed by atoms with Gasteiger partial charge in [-0.25, -0.2) is 4.79 Å². The third kappa shape index (κ3) is 3.45. The lowest BCUT2D eigenvalue weighted by Crippen LogP contribution is -2.58. The monoisotopic (exact) mass is 270 g/mol. The minimum Gasteiger partial charge on any atom is -0.464 e. The lowest BCUT2D eigenvalue weighted by atomic mass is 9.97. The van der Waals surface area contributed by atoms with Gasteiger partial charge >= 0.3 is 5.97 Å². The van der Waals surface area contributed by atoms with Crippen molar-refractivity contribution in [3.05, 3.63) is 0 Å². The summed E-state index contributed by atoms with van der Waals surface area (Å²) in [7, 11) is 0. The van der Waals surface area contributed by atoms with Crippen molar-refractivity contribution in [2.45, 2.75) is 25.8 Å². The summed E-state index contributed by atoms with van der Waals surface area (Å²) in [6.07, 6.45) is 1.50. The number of rotatable bonds is 3. The Morgan fingerprint density at radius 1 is 1.37 bits per heavy atom. The maximum atomic E-state index is 12.5. The number of hydrogen-bond donors (Lipinski definition) is 1. The van der Waals surface area contributed by atoms with Gasteiger partial charge in [-0.15, -0.1) is 0 Å². The molecule has 0 aromatic heterocycles. The van der Waals surface area contributed by atoms with Gasteiger partial charge in [-0.3, -0.25) is 4.79 Å². The number of piperazine rings is 1. The molecular formula is C13H22N2O4. The molecule has 0 saturated carbocycles. The molecular weight excluding hydrogens is 248 g/mol. The number of esters is 1. The van der Waals surface area contributed by atoms with Crippen LogP contribution >= 0.6 is 0 Å². The lowest BCUT2D eigenvalue weighted by Gasteiger charge is -2.37. The number of carbonyl (C=O) groups is 2. The minimum atomic E-state index is -0.482. The molecule has 2 heterocycles. The third-order valence-electron chi connectivity index (χ3n) is 3.66. The van der Waals surface area contributed by atoms with Crippen LogP contribution in [-0.4, -0.2) is 62.3 Å². The zero-order valence-electron chi connectivity index (χ0n) is 11.4. The molecule has 0 radical (unpaired) electrons. The summed E-state index contributed by atoms with van der Waals surface area (Å²) >= 11 is 0. The van der Waals surface area contributed by atoms with Gasteiger partial charge in [0.1, 0.15) is 6.04 Å². The molecule has 0 aliphatic carbocycles. The first kappa shape index (κ1) is 14.3. The van der Waals surface area contributed by atoms with Gasteiger partial charge in [0.05, 0.1) is 6.61 Å². The highest BCUT2D eigenvalue weighted by atomic mass is 16.5. The van der Waals surface area contributed by atoms with E-state index in [0.717, 1.165) is 19.4 Å². The van der Waals surface area contributed by atoms with Gasteiger partial charge < -0.3 is 19.7 Å². The predicted molar refractivity (Wildman–Crippen MR) is 68.5 cm³/mol. The van der Waals surface area contributed by atoms with Gasteiger partial charge in [0.15, 0.2) is 0 Å². The molecule has 0 aromatic rings. The Morgan fingerprint density at radius 3 is 2.79 bits per heavy atom. The van der Waals surface area contributed by atoms with E-state index in [4.69, 9.17) is 9.47 Å². The summed E-state index contributed by atoms with van der Waals surface area (Å²) < 4.78 is 10.3. The van der Waals surface area contributed by atoms with E-state index in [1.165, 1.54) is 0 Å². The van der Waals surface area contributed by atoms with Crippen LogP contribution in [-0.2, 0) is 19.1 Å². The van der Waals surface area contributed by atoms with Crippen LogP contribution in [0.2, 0.25) is 0 Å². The number of hydrogen-bond acceptors (Lipinski definition) is 5. The van der Waals surface area contributed by atoms with Crippen molar-refractivity contribution in [1.29, 1.82) is 0 Å². The summed E-state index contributed by atoms with van der Waals surface area (Å²) in [5.74, 6) is -0.248. The molecule has 0 aromatic carbocycles. The minimum absolute atomic E-state index is 0.0104. The number of ether oxygens (including phenoxy) is 2. The van der Waals surface area contributed by atoms with Gasteiger partial charge in [0.25, 0.3) is 0 Å². The Bertz CT molecular complexity index is 329. The summed E-state index contributed by atoms with van der Waals surface area (Å²) in [4.78, 5) is 26.1. The molecule has 1 amide bonds. The highest BCUT2D eigenvalue weighted by molar-refractivity contribution is 5.86. The Kier molecular flexibility index (Phi) is 5.15. The van der Waals surface area contributed by atoms with Crippen LogP contribution in [0.5, 0.6) is 0 Å². The van der Waals surface area contributed by atoms with Crippen molar-refractivity contribution < 1.29 is 19.1 Å². The fraction of sp³-hybridized carbons (Fsp3) is 0.846. The van der Waals surface area contributed by atoms with Crippen LogP contribution in [0.1, 0.15) is 19.8 Å². The average Bonchev–Trinajstić information content (AvgIpc) is 2.47. The van der Waals surface area contributed by atoms with E-state index < -0.39 is 6.04 Å². The second kappa shape index (κ2) is 6.86. The number of nitrogens with one attached hydrogen (secondary N) is 1. The van der Waals surface area contributed by atoms with Gasteiger partial charge in [-0.2, -0.15) is 0 Å². The number of nitrogens with zero attached hydrogens (tertiary/aromatic N) is 1. The van der Waals surface area contributed by atoms with Crippen LogP contribution in [0.25, 0.3) is 0 Å². The fourth-order valence-electron chi connectivity index (χ4n) is 2.60. The first-order chi connectivity index (χ1) is 9.24. The maximum absolute atomic E-state index is 12.5. The van der Waals surface area contributed by atoms with E-state index in [1.807, 2.05) is 0 Å². The molecule has 2 aliphatic rings. The van der Waals surface area contributed by atoms with Crippen LogP contribution in [0, 0.1) is 5.92 Å². The molecule has 1 unspecified atom stereocenters. The quantitative estimate of drug-likeness (QED) is 0.718. The summed E-state index contributed by atoms with van der Waals surface area (Å²) in [5.41, 5.74) is 0. The van der Waals surface area contributed by atoms with E-state index >= 15 is 0 Å². The molecule has 108 valence electrons. The standard InChI is InChI=1S/C13H22N2O4/c1-2-19-13(17)11-9-14-5-6-15(11)12(16)10-3-7-18-8-4-10/h10-11,14H,2-9H2,1H3. The summed E-state index contributed by atoms with van der Waals surface area (Å²) in [6, 6.07) is -0.482. The molecule has 2 aliphatic heterocycles. The zero-order chi connectivity index (χ0) is 13.7. The first-order valence-corrected chi connectivity index (χ1v) is 6.99. The smallest absolute Gasteiger partial charge is 0.330 e. The van der Waals surface area contributed by atoms with Gasteiger partial charge in [-0.05, 0) is 19.8 Å². The van der Waals surface area contributed by atoms with Crippen LogP contribution in [0.3, 0.4) is 0 Å². The third-order valence-corrected chi connectivity index (χ3v) is 3.66. The molecule has 6 heteroatoms. The topological polar surface area (TPSA) is 67.9 Å². The lowest BCUT2D eigenvalue weighted by molar-refractivity contribution is -0.158. The number of carbonyl (C=O) groups excluding carboxylic acids is 2. The molecule has 19 heavy (non-hydrogen) atoms. The molecule has 0 spiro atoms. The summed E-state index contributed by atoms with van der Waals surface area (Å²) in [6.45, 7) is 5.16. The van der Waals surface area contributed by atoms with Crippen molar-refractivity contribution in [2.75, 3.05) is 39.5 Å². The van der Waals surface area contributed by atoms with Crippen molar-refractivity contribution in [2.24, 2.45) is 5.92 Å². The molecule has 0 bridgehead atoms. The zero-order valence-corrected chi connectivity index (χ0v) is 11.4. The predicted octanol–water partition coefficient (Wildman–Crippen LogP) is -0.223. The normalized spacial score (nSPS) is 25.1. The molecule has 2 fully saturated rings. The Morgan fingerprint density at radius 2 is 2.11 bits per heavy atom. The number of amides is 1. The second-order valence-corrected chi connectivity index (χ2v) is 4.89. The summed E-state index contributed by atoms with van der Waals surface area (Å²) in [5, 5.41) is 3.14. The highest BCUT2D eigenvalue weighted by Crippen LogP contribution is 2.20. The fourth-order valence-corrected chi connectivity index (χ4v) is 2.60. The second-order valence-electron chi connectivity index (χ2n) is 4.89. The van der Waals surface area contributed by atoms with Crippen LogP contribution in [0.4, 0.5) is 0 Å².